The average Bonchev–Trinajstić information content (AvgIpc) is 2.78. The molecule has 0 spiro atoms. The number of ether oxygens (including phenoxy) is 1. The molecule has 1 aromatic carbocycles. The fourth-order valence-corrected chi connectivity index (χ4v) is 2.78. The SMILES string of the molecule is O=C(O)COc1cccc2c(O)n(C3CCC(=O)NC3=O)c(O)c12. The number of amides is 2. The average molecular weight is 334 g/mol. The van der Waals surface area contributed by atoms with E-state index >= 15 is 0 Å². The van der Waals surface area contributed by atoms with Crippen LogP contribution in [0.2, 0.25) is 0 Å². The Kier molecular flexibility index (Phi) is 3.76. The highest BCUT2D eigenvalue weighted by Crippen LogP contribution is 2.44. The highest BCUT2D eigenvalue weighted by atomic mass is 16.5. The maximum Gasteiger partial charge on any atom is 0.341 e. The van der Waals surface area contributed by atoms with E-state index in [-0.39, 0.29) is 35.2 Å². The lowest BCUT2D eigenvalue weighted by molar-refractivity contribution is -0.139. The van der Waals surface area contributed by atoms with Crippen molar-refractivity contribution in [2.75, 3.05) is 6.61 Å². The Hall–Kier alpha value is -3.23. The number of rotatable bonds is 4. The first-order valence-electron chi connectivity index (χ1n) is 7.13. The van der Waals surface area contributed by atoms with E-state index in [9.17, 15) is 24.6 Å². The summed E-state index contributed by atoms with van der Waals surface area (Å²) in [5.41, 5.74) is 0. The molecule has 0 radical (unpaired) electrons. The molecular formula is C15H14N2O7. The molecule has 4 N–H and O–H groups in total. The Bertz CT molecular complexity index is 855. The van der Waals surface area contributed by atoms with Gasteiger partial charge in [-0.25, -0.2) is 4.79 Å². The Morgan fingerprint density at radius 1 is 1.29 bits per heavy atom. The number of carbonyl (C=O) groups is 3. The van der Waals surface area contributed by atoms with Gasteiger partial charge >= 0.3 is 5.97 Å². The summed E-state index contributed by atoms with van der Waals surface area (Å²) in [6.07, 6.45) is 0.199. The standard InChI is InChI=1S/C15H14N2O7/c18-10-5-4-8(13(21)16-10)17-14(22)7-2-1-3-9(12(7)15(17)23)24-6-11(19)20/h1-3,8,22-23H,4-6H2,(H,19,20)(H,16,18,21). The zero-order valence-electron chi connectivity index (χ0n) is 12.4. The molecule has 1 aromatic heterocycles. The number of imide groups is 1. The summed E-state index contributed by atoms with van der Waals surface area (Å²) in [5.74, 6) is -2.98. The Balaban J connectivity index is 2.10. The van der Waals surface area contributed by atoms with Gasteiger partial charge in [-0.2, -0.15) is 0 Å². The first kappa shape index (κ1) is 15.7. The fraction of sp³-hybridized carbons (Fsp3) is 0.267. The monoisotopic (exact) mass is 334 g/mol. The maximum atomic E-state index is 12.0. The highest BCUT2D eigenvalue weighted by Gasteiger charge is 2.33. The van der Waals surface area contributed by atoms with Crippen molar-refractivity contribution >= 4 is 28.6 Å². The number of carboxylic acids is 1. The molecule has 0 bridgehead atoms. The normalized spacial score (nSPS) is 17.8. The molecule has 1 atom stereocenters. The number of fused-ring (bicyclic) bond motifs is 1. The molecule has 9 heteroatoms. The van der Waals surface area contributed by atoms with E-state index in [0.29, 0.717) is 0 Å². The van der Waals surface area contributed by atoms with Crippen LogP contribution in [0.3, 0.4) is 0 Å². The zero-order valence-corrected chi connectivity index (χ0v) is 12.4. The van der Waals surface area contributed by atoms with Crippen molar-refractivity contribution in [2.45, 2.75) is 18.9 Å². The molecule has 126 valence electrons. The largest absolute Gasteiger partial charge is 0.494 e. The summed E-state index contributed by atoms with van der Waals surface area (Å²) in [6.45, 7) is -0.622. The molecule has 24 heavy (non-hydrogen) atoms. The van der Waals surface area contributed by atoms with Gasteiger partial charge in [0.15, 0.2) is 6.61 Å². The molecule has 0 aliphatic carbocycles. The van der Waals surface area contributed by atoms with Gasteiger partial charge in [-0.05, 0) is 18.6 Å². The van der Waals surface area contributed by atoms with Crippen molar-refractivity contribution < 1.29 is 34.4 Å². The van der Waals surface area contributed by atoms with Crippen molar-refractivity contribution in [1.29, 1.82) is 0 Å². The minimum absolute atomic E-state index is 0.0637. The lowest BCUT2D eigenvalue weighted by Gasteiger charge is -2.23. The minimum Gasteiger partial charge on any atom is -0.494 e. The second-order valence-corrected chi connectivity index (χ2v) is 5.35. The van der Waals surface area contributed by atoms with Crippen molar-refractivity contribution in [3.8, 4) is 17.5 Å². The molecular weight excluding hydrogens is 320 g/mol. The van der Waals surface area contributed by atoms with E-state index in [0.717, 1.165) is 4.57 Å². The highest BCUT2D eigenvalue weighted by molar-refractivity contribution is 6.02. The van der Waals surface area contributed by atoms with Gasteiger partial charge in [-0.3, -0.25) is 19.5 Å². The third-order valence-electron chi connectivity index (χ3n) is 3.82. The molecule has 1 fully saturated rings. The van der Waals surface area contributed by atoms with E-state index in [4.69, 9.17) is 9.84 Å². The number of aromatic nitrogens is 1. The van der Waals surface area contributed by atoms with Crippen LogP contribution < -0.4 is 10.1 Å². The summed E-state index contributed by atoms with van der Waals surface area (Å²) >= 11 is 0. The van der Waals surface area contributed by atoms with Crippen LogP contribution in [0.25, 0.3) is 10.8 Å². The quantitative estimate of drug-likeness (QED) is 0.597. The van der Waals surface area contributed by atoms with Crippen molar-refractivity contribution in [2.24, 2.45) is 0 Å². The number of benzene rings is 1. The topological polar surface area (TPSA) is 138 Å². The summed E-state index contributed by atoms with van der Waals surface area (Å²) in [4.78, 5) is 33.9. The van der Waals surface area contributed by atoms with Crippen LogP contribution in [0.5, 0.6) is 17.5 Å². The van der Waals surface area contributed by atoms with Crippen LogP contribution in [0.15, 0.2) is 18.2 Å². The van der Waals surface area contributed by atoms with Gasteiger partial charge < -0.3 is 20.1 Å². The van der Waals surface area contributed by atoms with Gasteiger partial charge in [0, 0.05) is 6.42 Å². The van der Waals surface area contributed by atoms with E-state index in [2.05, 4.69) is 5.32 Å². The predicted molar refractivity (Wildman–Crippen MR) is 79.8 cm³/mol. The Labute approximate surface area is 135 Å². The van der Waals surface area contributed by atoms with Crippen LogP contribution in [0, 0.1) is 0 Å². The van der Waals surface area contributed by atoms with Crippen molar-refractivity contribution in [3.05, 3.63) is 18.2 Å². The van der Waals surface area contributed by atoms with Crippen LogP contribution in [0.4, 0.5) is 0 Å². The van der Waals surface area contributed by atoms with Gasteiger partial charge in [-0.15, -0.1) is 0 Å². The van der Waals surface area contributed by atoms with E-state index < -0.39 is 36.3 Å². The number of nitrogens with one attached hydrogen (secondary N) is 1. The second kappa shape index (κ2) is 5.76. The number of piperidine rings is 1. The first-order valence-corrected chi connectivity index (χ1v) is 7.13. The molecule has 3 rings (SSSR count). The number of hydrogen-bond acceptors (Lipinski definition) is 6. The number of aliphatic carboxylic acids is 1. The molecule has 1 unspecified atom stereocenters. The van der Waals surface area contributed by atoms with Gasteiger partial charge in [0.25, 0.3) is 0 Å². The molecule has 9 nitrogen and oxygen atoms in total. The molecule has 1 aliphatic heterocycles. The molecule has 0 saturated carbocycles. The maximum absolute atomic E-state index is 12.0. The third kappa shape index (κ3) is 2.49. The lowest BCUT2D eigenvalue weighted by Crippen LogP contribution is -2.41. The van der Waals surface area contributed by atoms with Gasteiger partial charge in [-0.1, -0.05) is 6.07 Å². The van der Waals surface area contributed by atoms with E-state index in [1.54, 1.807) is 0 Å². The fourth-order valence-electron chi connectivity index (χ4n) is 2.78. The smallest absolute Gasteiger partial charge is 0.341 e. The molecule has 2 heterocycles. The van der Waals surface area contributed by atoms with E-state index in [1.807, 2.05) is 0 Å². The van der Waals surface area contributed by atoms with Crippen LogP contribution >= 0.6 is 0 Å². The van der Waals surface area contributed by atoms with Crippen LogP contribution in [-0.4, -0.2) is 44.3 Å². The number of hydrogen-bond donors (Lipinski definition) is 4. The number of aromatic hydroxyl groups is 2. The summed E-state index contributed by atoms with van der Waals surface area (Å²) in [7, 11) is 0. The molecule has 1 saturated heterocycles. The van der Waals surface area contributed by atoms with Crippen molar-refractivity contribution in [1.82, 2.24) is 9.88 Å². The zero-order chi connectivity index (χ0) is 17.4. The second-order valence-electron chi connectivity index (χ2n) is 5.35. The summed E-state index contributed by atoms with van der Waals surface area (Å²) < 4.78 is 6.14. The predicted octanol–water partition coefficient (Wildman–Crippen LogP) is 0.494. The summed E-state index contributed by atoms with van der Waals surface area (Å²) in [6, 6.07) is 3.51. The van der Waals surface area contributed by atoms with Crippen LogP contribution in [0.1, 0.15) is 18.9 Å². The summed E-state index contributed by atoms with van der Waals surface area (Å²) in [5, 5.41) is 32.0. The lowest BCUT2D eigenvalue weighted by atomic mass is 10.1. The third-order valence-corrected chi connectivity index (χ3v) is 3.82. The Morgan fingerprint density at radius 2 is 2.04 bits per heavy atom. The number of carbonyl (C=O) groups excluding carboxylic acids is 2. The number of carboxylic acid groups (broad SMARTS) is 1. The molecule has 2 amide bonds. The van der Waals surface area contributed by atoms with Gasteiger partial charge in [0.05, 0.1) is 10.8 Å². The molecule has 1 aliphatic rings. The first-order chi connectivity index (χ1) is 11.4. The van der Waals surface area contributed by atoms with Crippen molar-refractivity contribution in [3.63, 3.8) is 0 Å². The van der Waals surface area contributed by atoms with Gasteiger partial charge in [0.1, 0.15) is 11.8 Å². The Morgan fingerprint density at radius 3 is 2.71 bits per heavy atom. The van der Waals surface area contributed by atoms with Gasteiger partial charge in [0.2, 0.25) is 23.6 Å². The minimum atomic E-state index is -1.19. The molecule has 2 aromatic rings. The number of nitrogens with zero attached hydrogens (tertiary/aromatic N) is 1. The van der Waals surface area contributed by atoms with E-state index in [1.165, 1.54) is 18.2 Å². The van der Waals surface area contributed by atoms with Crippen LogP contribution in [-0.2, 0) is 14.4 Å².